The molecule has 0 spiro atoms. The van der Waals surface area contributed by atoms with E-state index in [4.69, 9.17) is 5.84 Å². The molecular formula is C10H18N2. The highest BCUT2D eigenvalue weighted by Gasteiger charge is 1.96. The third-order valence-electron chi connectivity index (χ3n) is 1.49. The van der Waals surface area contributed by atoms with E-state index in [1.165, 1.54) is 5.56 Å². The van der Waals surface area contributed by atoms with Gasteiger partial charge in [-0.05, 0) is 31.6 Å². The summed E-state index contributed by atoms with van der Waals surface area (Å²) in [7, 11) is 0. The highest BCUT2D eigenvalue weighted by Crippen LogP contribution is 2.07. The molecule has 0 aromatic carbocycles. The molecule has 0 atom stereocenters. The van der Waals surface area contributed by atoms with Crippen molar-refractivity contribution < 1.29 is 0 Å². The Morgan fingerprint density at radius 1 is 1.42 bits per heavy atom. The second-order valence-corrected chi connectivity index (χ2v) is 2.29. The number of aromatic nitrogens is 1. The number of rotatable bonds is 1. The zero-order valence-electron chi connectivity index (χ0n) is 8.33. The number of allylic oxidation sites excluding steroid dienone is 1. The Kier molecular flexibility index (Phi) is 4.93. The molecule has 2 nitrogen and oxygen atoms in total. The highest BCUT2D eigenvalue weighted by atomic mass is 15.3. The van der Waals surface area contributed by atoms with Crippen LogP contribution in [0.3, 0.4) is 0 Å². The summed E-state index contributed by atoms with van der Waals surface area (Å²) in [5, 5.41) is 0. The highest BCUT2D eigenvalue weighted by molar-refractivity contribution is 5.49. The minimum atomic E-state index is 1.07. The lowest BCUT2D eigenvalue weighted by molar-refractivity contribution is 0.998. The lowest BCUT2D eigenvalue weighted by Crippen LogP contribution is -2.07. The molecule has 0 amide bonds. The van der Waals surface area contributed by atoms with E-state index in [-0.39, 0.29) is 0 Å². The Labute approximate surface area is 74.7 Å². The predicted molar refractivity (Wildman–Crippen MR) is 55.4 cm³/mol. The number of nitrogens with two attached hydrogens (primary N) is 1. The summed E-state index contributed by atoms with van der Waals surface area (Å²) < 4.78 is 1.62. The lowest BCUT2D eigenvalue weighted by Gasteiger charge is -1.96. The summed E-state index contributed by atoms with van der Waals surface area (Å²) in [5.74, 6) is 5.59. The van der Waals surface area contributed by atoms with Gasteiger partial charge in [0.1, 0.15) is 0 Å². The molecule has 1 aromatic heterocycles. The van der Waals surface area contributed by atoms with Crippen molar-refractivity contribution in [1.29, 1.82) is 0 Å². The fourth-order valence-electron chi connectivity index (χ4n) is 0.937. The van der Waals surface area contributed by atoms with Crippen molar-refractivity contribution in [3.8, 4) is 0 Å². The molecule has 68 valence electrons. The number of nitrogen functional groups attached to an aromatic ring is 1. The summed E-state index contributed by atoms with van der Waals surface area (Å²) in [6.07, 6.45) is 5.83. The Morgan fingerprint density at radius 2 is 2.00 bits per heavy atom. The van der Waals surface area contributed by atoms with Crippen molar-refractivity contribution in [1.82, 2.24) is 4.68 Å². The van der Waals surface area contributed by atoms with E-state index in [1.807, 2.05) is 52.1 Å². The molecule has 2 heteroatoms. The Balaban J connectivity index is 0.000000561. The van der Waals surface area contributed by atoms with Gasteiger partial charge in [0.15, 0.2) is 0 Å². The van der Waals surface area contributed by atoms with Crippen LogP contribution < -0.4 is 5.84 Å². The molecule has 1 rings (SSSR count). The molecule has 0 aliphatic carbocycles. The van der Waals surface area contributed by atoms with Gasteiger partial charge in [0, 0.05) is 6.20 Å². The number of hydrogen-bond acceptors (Lipinski definition) is 1. The molecule has 0 bridgehead atoms. The van der Waals surface area contributed by atoms with Gasteiger partial charge in [-0.25, -0.2) is 0 Å². The molecule has 0 saturated carbocycles. The van der Waals surface area contributed by atoms with Crippen LogP contribution in [0.2, 0.25) is 0 Å². The Hall–Kier alpha value is -1.18. The first-order valence-corrected chi connectivity index (χ1v) is 4.31. The normalized spacial score (nSPS) is 9.67. The summed E-state index contributed by atoms with van der Waals surface area (Å²) in [5.41, 5.74) is 2.28. The average molecular weight is 166 g/mol. The van der Waals surface area contributed by atoms with Gasteiger partial charge in [-0.2, -0.15) is 0 Å². The molecule has 0 saturated heterocycles. The first-order chi connectivity index (χ1) is 5.75. The largest absolute Gasteiger partial charge is 0.339 e. The minimum absolute atomic E-state index is 1.07. The van der Waals surface area contributed by atoms with E-state index in [0.717, 1.165) is 5.69 Å². The SMILES string of the molecule is C/C=C\c1c(C)ccn1N.CC. The van der Waals surface area contributed by atoms with Crippen molar-refractivity contribution in [2.75, 3.05) is 5.84 Å². The topological polar surface area (TPSA) is 30.9 Å². The first-order valence-electron chi connectivity index (χ1n) is 4.31. The summed E-state index contributed by atoms with van der Waals surface area (Å²) in [4.78, 5) is 0. The van der Waals surface area contributed by atoms with Crippen LogP contribution in [0.25, 0.3) is 6.08 Å². The molecule has 12 heavy (non-hydrogen) atoms. The fraction of sp³-hybridized carbons (Fsp3) is 0.400. The van der Waals surface area contributed by atoms with Crippen LogP contribution in [0.5, 0.6) is 0 Å². The van der Waals surface area contributed by atoms with Gasteiger partial charge in [0.25, 0.3) is 0 Å². The van der Waals surface area contributed by atoms with Gasteiger partial charge in [0.2, 0.25) is 0 Å². The standard InChI is InChI=1S/C8H12N2.C2H6/c1-3-4-8-7(2)5-6-10(8)9;1-2/h3-6H,9H2,1-2H3;1-2H3/b4-3-;. The zero-order chi connectivity index (χ0) is 9.56. The summed E-state index contributed by atoms with van der Waals surface area (Å²) >= 11 is 0. The maximum atomic E-state index is 5.59. The van der Waals surface area contributed by atoms with E-state index in [2.05, 4.69) is 0 Å². The monoisotopic (exact) mass is 166 g/mol. The van der Waals surface area contributed by atoms with Crippen LogP contribution >= 0.6 is 0 Å². The van der Waals surface area contributed by atoms with Crippen LogP contribution in [0.1, 0.15) is 32.0 Å². The second-order valence-electron chi connectivity index (χ2n) is 2.29. The molecule has 1 aromatic rings. The van der Waals surface area contributed by atoms with Gasteiger partial charge >= 0.3 is 0 Å². The maximum absolute atomic E-state index is 5.59. The molecule has 0 fully saturated rings. The van der Waals surface area contributed by atoms with E-state index in [0.29, 0.717) is 0 Å². The number of hydrogen-bond donors (Lipinski definition) is 1. The maximum Gasteiger partial charge on any atom is 0.0643 e. The van der Waals surface area contributed by atoms with Gasteiger partial charge in [-0.1, -0.05) is 19.9 Å². The number of nitrogens with zero attached hydrogens (tertiary/aromatic N) is 1. The van der Waals surface area contributed by atoms with E-state index in [1.54, 1.807) is 4.68 Å². The molecule has 0 aliphatic heterocycles. The molecular weight excluding hydrogens is 148 g/mol. The van der Waals surface area contributed by atoms with Crippen LogP contribution in [0.4, 0.5) is 0 Å². The Bertz CT molecular complexity index is 227. The molecule has 1 heterocycles. The van der Waals surface area contributed by atoms with Crippen LogP contribution in [0.15, 0.2) is 18.3 Å². The fourth-order valence-corrected chi connectivity index (χ4v) is 0.937. The van der Waals surface area contributed by atoms with Crippen molar-refractivity contribution >= 4 is 6.08 Å². The van der Waals surface area contributed by atoms with E-state index < -0.39 is 0 Å². The minimum Gasteiger partial charge on any atom is -0.339 e. The van der Waals surface area contributed by atoms with Crippen molar-refractivity contribution in [2.45, 2.75) is 27.7 Å². The van der Waals surface area contributed by atoms with E-state index in [9.17, 15) is 0 Å². The van der Waals surface area contributed by atoms with E-state index >= 15 is 0 Å². The predicted octanol–water partition coefficient (Wildman–Crippen LogP) is 2.57. The van der Waals surface area contributed by atoms with Crippen LogP contribution in [-0.2, 0) is 0 Å². The molecule has 0 radical (unpaired) electrons. The molecule has 0 aliphatic rings. The average Bonchev–Trinajstić information content (AvgIpc) is 2.40. The van der Waals surface area contributed by atoms with Crippen LogP contribution in [0, 0.1) is 6.92 Å². The lowest BCUT2D eigenvalue weighted by atomic mass is 10.2. The number of aryl methyl sites for hydroxylation is 1. The molecule has 0 unspecified atom stereocenters. The van der Waals surface area contributed by atoms with Crippen molar-refractivity contribution in [2.24, 2.45) is 0 Å². The van der Waals surface area contributed by atoms with Gasteiger partial charge in [-0.3, -0.25) is 4.68 Å². The second kappa shape index (κ2) is 5.47. The van der Waals surface area contributed by atoms with Gasteiger partial charge in [-0.15, -0.1) is 0 Å². The zero-order valence-corrected chi connectivity index (χ0v) is 8.33. The summed E-state index contributed by atoms with van der Waals surface area (Å²) in [6, 6.07) is 2.00. The third kappa shape index (κ3) is 2.46. The van der Waals surface area contributed by atoms with Gasteiger partial charge < -0.3 is 5.84 Å². The van der Waals surface area contributed by atoms with Crippen LogP contribution in [-0.4, -0.2) is 4.68 Å². The summed E-state index contributed by atoms with van der Waals surface area (Å²) in [6.45, 7) is 8.02. The van der Waals surface area contributed by atoms with Crippen molar-refractivity contribution in [3.63, 3.8) is 0 Å². The third-order valence-corrected chi connectivity index (χ3v) is 1.49. The van der Waals surface area contributed by atoms with Gasteiger partial charge in [0.05, 0.1) is 5.69 Å². The Morgan fingerprint density at radius 3 is 2.33 bits per heavy atom. The smallest absolute Gasteiger partial charge is 0.0643 e. The van der Waals surface area contributed by atoms with Crippen molar-refractivity contribution in [3.05, 3.63) is 29.6 Å². The molecule has 2 N–H and O–H groups in total. The first kappa shape index (κ1) is 10.8. The quantitative estimate of drug-likeness (QED) is 0.639.